The number of nitrogens with zero attached hydrogens (tertiary/aromatic N) is 2. The minimum atomic E-state index is -1.95. The number of carboxylic acid groups (broad SMARTS) is 1. The van der Waals surface area contributed by atoms with Crippen LogP contribution in [0.3, 0.4) is 0 Å². The molecule has 0 radical (unpaired) electrons. The van der Waals surface area contributed by atoms with Gasteiger partial charge in [-0.3, -0.25) is 9.59 Å². The number of hydrogen-bond acceptors (Lipinski definition) is 4. The number of rotatable bonds is 7. The zero-order valence-corrected chi connectivity index (χ0v) is 16.3. The highest BCUT2D eigenvalue weighted by Gasteiger charge is 2.33. The zero-order chi connectivity index (χ0) is 20.7. The predicted octanol–water partition coefficient (Wildman–Crippen LogP) is 2.35. The molecule has 0 fully saturated rings. The maximum atomic E-state index is 12.7. The van der Waals surface area contributed by atoms with E-state index in [1.54, 1.807) is 58.1 Å². The zero-order valence-electron chi connectivity index (χ0n) is 16.3. The molecule has 2 amide bonds. The molecule has 0 aliphatic carbocycles. The van der Waals surface area contributed by atoms with Gasteiger partial charge in [0.1, 0.15) is 0 Å². The number of aliphatic hydroxyl groups is 1. The molecule has 27 heavy (non-hydrogen) atoms. The van der Waals surface area contributed by atoms with Crippen molar-refractivity contribution in [1.82, 2.24) is 4.90 Å². The van der Waals surface area contributed by atoms with Crippen molar-refractivity contribution in [3.05, 3.63) is 53.3 Å². The summed E-state index contributed by atoms with van der Waals surface area (Å²) in [4.78, 5) is 39.1. The van der Waals surface area contributed by atoms with Crippen LogP contribution in [-0.2, 0) is 9.59 Å². The van der Waals surface area contributed by atoms with Gasteiger partial charge in [0.05, 0.1) is 11.3 Å². The molecule has 0 aliphatic rings. The Balaban J connectivity index is 3.20. The molecule has 0 aliphatic heterocycles. The lowest BCUT2D eigenvalue weighted by atomic mass is 10.1. The van der Waals surface area contributed by atoms with Gasteiger partial charge in [0, 0.05) is 19.3 Å². The monoisotopic (exact) mass is 374 g/mol. The summed E-state index contributed by atoms with van der Waals surface area (Å²) >= 11 is 0. The Labute approximate surface area is 159 Å². The largest absolute Gasteiger partial charge is 0.478 e. The lowest BCUT2D eigenvalue weighted by molar-refractivity contribution is -0.145. The molecule has 0 bridgehead atoms. The van der Waals surface area contributed by atoms with E-state index in [2.05, 4.69) is 0 Å². The number of carbonyl (C=O) groups is 3. The van der Waals surface area contributed by atoms with Crippen molar-refractivity contribution >= 4 is 23.5 Å². The van der Waals surface area contributed by atoms with E-state index in [0.717, 1.165) is 4.90 Å². The van der Waals surface area contributed by atoms with Crippen LogP contribution in [-0.4, -0.2) is 52.6 Å². The van der Waals surface area contributed by atoms with Crippen molar-refractivity contribution in [2.24, 2.45) is 0 Å². The van der Waals surface area contributed by atoms with Crippen LogP contribution >= 0.6 is 0 Å². The van der Waals surface area contributed by atoms with Gasteiger partial charge in [-0.05, 0) is 45.4 Å². The average molecular weight is 374 g/mol. The SMILES string of the molecule is C/C=C\C(=C/C)N(CC)C(=O)C(O)C(=O)N(C)c1cccc(C)c1C(=O)O. The first-order valence-electron chi connectivity index (χ1n) is 8.60. The lowest BCUT2D eigenvalue weighted by Crippen LogP contribution is -2.48. The van der Waals surface area contributed by atoms with Gasteiger partial charge < -0.3 is 20.0 Å². The van der Waals surface area contributed by atoms with E-state index >= 15 is 0 Å². The number of allylic oxidation sites excluding steroid dienone is 3. The van der Waals surface area contributed by atoms with Gasteiger partial charge in [-0.1, -0.05) is 24.3 Å². The molecule has 1 rings (SSSR count). The topological polar surface area (TPSA) is 98.2 Å². The summed E-state index contributed by atoms with van der Waals surface area (Å²) in [5, 5.41) is 19.8. The number of hydrogen-bond donors (Lipinski definition) is 2. The van der Waals surface area contributed by atoms with E-state index < -0.39 is 23.9 Å². The molecule has 7 nitrogen and oxygen atoms in total. The van der Waals surface area contributed by atoms with Gasteiger partial charge in [-0.2, -0.15) is 0 Å². The van der Waals surface area contributed by atoms with Crippen LogP contribution in [0.15, 0.2) is 42.1 Å². The van der Waals surface area contributed by atoms with E-state index in [9.17, 15) is 24.6 Å². The first kappa shape index (κ1) is 22.1. The fourth-order valence-corrected chi connectivity index (χ4v) is 2.74. The van der Waals surface area contributed by atoms with Crippen molar-refractivity contribution in [2.45, 2.75) is 33.8 Å². The highest BCUT2D eigenvalue weighted by molar-refractivity contribution is 6.12. The smallest absolute Gasteiger partial charge is 0.338 e. The number of anilines is 1. The molecule has 2 N–H and O–H groups in total. The van der Waals surface area contributed by atoms with Crippen molar-refractivity contribution in [1.29, 1.82) is 0 Å². The van der Waals surface area contributed by atoms with Crippen molar-refractivity contribution < 1.29 is 24.6 Å². The number of likely N-dealkylation sites (N-methyl/N-ethyl adjacent to an activating group) is 2. The summed E-state index contributed by atoms with van der Waals surface area (Å²) in [6.07, 6.45) is 3.20. The van der Waals surface area contributed by atoms with Crippen molar-refractivity contribution in [3.8, 4) is 0 Å². The summed E-state index contributed by atoms with van der Waals surface area (Å²) in [7, 11) is 1.33. The molecule has 1 unspecified atom stereocenters. The summed E-state index contributed by atoms with van der Waals surface area (Å²) in [5.74, 6) is -2.87. The van der Waals surface area contributed by atoms with Crippen molar-refractivity contribution in [2.75, 3.05) is 18.5 Å². The standard InChI is InChI=1S/C20H26N2O5/c1-6-10-14(7-2)22(8-3)19(25)17(23)18(24)21(5)15-12-9-11-13(4)16(15)20(26)27/h6-7,9-12,17,23H,8H2,1-5H3,(H,26,27)/b10-6-,14-7+. The third-order valence-electron chi connectivity index (χ3n) is 4.15. The van der Waals surface area contributed by atoms with Crippen LogP contribution < -0.4 is 4.90 Å². The molecule has 1 atom stereocenters. The van der Waals surface area contributed by atoms with Gasteiger partial charge in [0.2, 0.25) is 6.10 Å². The highest BCUT2D eigenvalue weighted by atomic mass is 16.4. The number of aryl methyl sites for hydroxylation is 1. The maximum Gasteiger partial charge on any atom is 0.338 e. The van der Waals surface area contributed by atoms with E-state index in [1.165, 1.54) is 18.0 Å². The third-order valence-corrected chi connectivity index (χ3v) is 4.15. The molecule has 0 saturated carbocycles. The molecule has 1 aromatic rings. The number of benzene rings is 1. The Bertz CT molecular complexity index is 783. The van der Waals surface area contributed by atoms with Crippen LogP contribution in [0, 0.1) is 6.92 Å². The van der Waals surface area contributed by atoms with Gasteiger partial charge in [0.15, 0.2) is 0 Å². The summed E-state index contributed by atoms with van der Waals surface area (Å²) in [6, 6.07) is 4.68. The van der Waals surface area contributed by atoms with Gasteiger partial charge in [-0.25, -0.2) is 4.79 Å². The Kier molecular flexibility index (Phi) is 7.93. The number of aliphatic hydroxyl groups excluding tert-OH is 1. The van der Waals surface area contributed by atoms with E-state index in [-0.39, 0.29) is 17.8 Å². The maximum absolute atomic E-state index is 12.7. The van der Waals surface area contributed by atoms with Crippen LogP contribution in [0.2, 0.25) is 0 Å². The quantitative estimate of drug-likeness (QED) is 0.564. The summed E-state index contributed by atoms with van der Waals surface area (Å²) in [6.45, 7) is 7.15. The molecule has 0 saturated heterocycles. The Hall–Kier alpha value is -2.93. The minimum Gasteiger partial charge on any atom is -0.478 e. The predicted molar refractivity (Wildman–Crippen MR) is 104 cm³/mol. The molecule has 1 aromatic carbocycles. The number of carbonyl (C=O) groups excluding carboxylic acids is 2. The Morgan fingerprint density at radius 1 is 1.19 bits per heavy atom. The first-order valence-corrected chi connectivity index (χ1v) is 8.60. The molecule has 7 heteroatoms. The fraction of sp³-hybridized carbons (Fsp3) is 0.350. The van der Waals surface area contributed by atoms with Crippen LogP contribution in [0.25, 0.3) is 0 Å². The minimum absolute atomic E-state index is 0.0524. The fourth-order valence-electron chi connectivity index (χ4n) is 2.74. The van der Waals surface area contributed by atoms with Crippen LogP contribution in [0.1, 0.15) is 36.7 Å². The third kappa shape index (κ3) is 4.83. The second kappa shape index (κ2) is 9.68. The number of aromatic carboxylic acids is 1. The molecule has 0 aromatic heterocycles. The van der Waals surface area contributed by atoms with Gasteiger partial charge >= 0.3 is 5.97 Å². The van der Waals surface area contributed by atoms with E-state index in [0.29, 0.717) is 11.3 Å². The Morgan fingerprint density at radius 3 is 2.30 bits per heavy atom. The number of carboxylic acids is 1. The highest BCUT2D eigenvalue weighted by Crippen LogP contribution is 2.24. The summed E-state index contributed by atoms with van der Waals surface area (Å²) in [5.41, 5.74) is 1.09. The molecular weight excluding hydrogens is 348 g/mol. The van der Waals surface area contributed by atoms with Crippen molar-refractivity contribution in [3.63, 3.8) is 0 Å². The summed E-state index contributed by atoms with van der Waals surface area (Å²) < 4.78 is 0. The normalized spacial score (nSPS) is 12.7. The molecule has 0 heterocycles. The molecule has 146 valence electrons. The van der Waals surface area contributed by atoms with Gasteiger partial charge in [0.25, 0.3) is 11.8 Å². The molecule has 0 spiro atoms. The lowest BCUT2D eigenvalue weighted by Gasteiger charge is -2.27. The van der Waals surface area contributed by atoms with Gasteiger partial charge in [-0.15, -0.1) is 0 Å². The van der Waals surface area contributed by atoms with E-state index in [1.807, 2.05) is 0 Å². The van der Waals surface area contributed by atoms with Crippen LogP contribution in [0.5, 0.6) is 0 Å². The average Bonchev–Trinajstić information content (AvgIpc) is 2.65. The second-order valence-corrected chi connectivity index (χ2v) is 5.87. The Morgan fingerprint density at radius 2 is 1.81 bits per heavy atom. The van der Waals surface area contributed by atoms with E-state index in [4.69, 9.17) is 0 Å². The molecular formula is C20H26N2O5. The van der Waals surface area contributed by atoms with Crippen LogP contribution in [0.4, 0.5) is 5.69 Å². The first-order chi connectivity index (χ1) is 12.7. The number of amides is 2. The second-order valence-electron chi connectivity index (χ2n) is 5.87.